The van der Waals surface area contributed by atoms with Crippen LogP contribution < -0.4 is 0 Å². The molecule has 0 radical (unpaired) electrons. The van der Waals surface area contributed by atoms with Crippen molar-refractivity contribution in [3.8, 4) is 0 Å². The van der Waals surface area contributed by atoms with Gasteiger partial charge in [-0.1, -0.05) is 34.2 Å². The van der Waals surface area contributed by atoms with Crippen molar-refractivity contribution in [1.82, 2.24) is 0 Å². The summed E-state index contributed by atoms with van der Waals surface area (Å²) in [6.07, 6.45) is 7.69. The number of rotatable bonds is 3. The second-order valence-electron chi connectivity index (χ2n) is 3.31. The zero-order valence-corrected chi connectivity index (χ0v) is 10.2. The van der Waals surface area contributed by atoms with Crippen LogP contribution in [-0.2, 0) is 0 Å². The topological polar surface area (TPSA) is 20.2 Å². The summed E-state index contributed by atoms with van der Waals surface area (Å²) in [5.74, 6) is 0. The molecule has 1 nitrogen and oxygen atoms in total. The average molecular weight is 245 g/mol. The van der Waals surface area contributed by atoms with Crippen molar-refractivity contribution < 1.29 is 5.11 Å². The van der Waals surface area contributed by atoms with Crippen LogP contribution in [-0.4, -0.2) is 10.7 Å². The van der Waals surface area contributed by atoms with E-state index in [4.69, 9.17) is 0 Å². The van der Waals surface area contributed by atoms with Gasteiger partial charge in [-0.05, 0) is 39.3 Å². The number of aliphatic hydroxyl groups is 1. The van der Waals surface area contributed by atoms with Gasteiger partial charge < -0.3 is 5.11 Å². The minimum Gasteiger partial charge on any atom is -0.386 e. The van der Waals surface area contributed by atoms with Crippen molar-refractivity contribution in [3.05, 3.63) is 34.4 Å². The van der Waals surface area contributed by atoms with E-state index in [0.717, 1.165) is 10.1 Å². The van der Waals surface area contributed by atoms with E-state index in [-0.39, 0.29) is 0 Å². The summed E-state index contributed by atoms with van der Waals surface area (Å²) < 4.78 is 1.01. The summed E-state index contributed by atoms with van der Waals surface area (Å²) in [7, 11) is 0. The Morgan fingerprint density at radius 3 is 2.00 bits per heavy atom. The third-order valence-corrected chi connectivity index (χ3v) is 2.44. The zero-order chi connectivity index (χ0) is 10.5. The number of hydrogen-bond donors (Lipinski definition) is 1. The zero-order valence-electron chi connectivity index (χ0n) is 8.63. The van der Waals surface area contributed by atoms with Crippen LogP contribution in [0.3, 0.4) is 0 Å². The summed E-state index contributed by atoms with van der Waals surface area (Å²) in [5, 5.41) is 9.71. The van der Waals surface area contributed by atoms with Crippen LogP contribution in [0.15, 0.2) is 34.4 Å². The Labute approximate surface area is 89.0 Å². The Hall–Kier alpha value is -0.340. The molecule has 0 saturated heterocycles. The van der Waals surface area contributed by atoms with Crippen molar-refractivity contribution in [1.29, 1.82) is 0 Å². The molecule has 0 aromatic heterocycles. The Morgan fingerprint density at radius 1 is 1.15 bits per heavy atom. The maximum absolute atomic E-state index is 9.71. The largest absolute Gasteiger partial charge is 0.386 e. The van der Waals surface area contributed by atoms with E-state index < -0.39 is 5.60 Å². The van der Waals surface area contributed by atoms with Crippen molar-refractivity contribution in [2.75, 3.05) is 0 Å². The second kappa shape index (κ2) is 5.40. The Bertz CT molecular complexity index is 241. The number of halogens is 1. The molecular formula is C11H17BrO. The quantitative estimate of drug-likeness (QED) is 0.754. The lowest BCUT2D eigenvalue weighted by Gasteiger charge is -2.18. The van der Waals surface area contributed by atoms with E-state index in [1.165, 1.54) is 0 Å². The van der Waals surface area contributed by atoms with E-state index in [1.807, 2.05) is 38.2 Å². The number of hydrogen-bond acceptors (Lipinski definition) is 1. The summed E-state index contributed by atoms with van der Waals surface area (Å²) >= 11 is 3.37. The van der Waals surface area contributed by atoms with E-state index in [2.05, 4.69) is 15.9 Å². The van der Waals surface area contributed by atoms with Crippen LogP contribution in [0.1, 0.15) is 27.7 Å². The minimum atomic E-state index is -0.772. The molecule has 0 aliphatic carbocycles. The standard InChI is InChI=1S/C11H17BrO/c1-5-9(11(3,4)13)7-8-10(12)6-2/h5-8,13H,1-4H3/b8-7-,9-5+,10-6+. The fraction of sp³-hybridized carbons (Fsp3) is 0.455. The molecule has 0 atom stereocenters. The van der Waals surface area contributed by atoms with E-state index in [1.54, 1.807) is 13.8 Å². The monoisotopic (exact) mass is 244 g/mol. The van der Waals surface area contributed by atoms with E-state index in [0.29, 0.717) is 0 Å². The summed E-state index contributed by atoms with van der Waals surface area (Å²) in [6.45, 7) is 7.42. The normalized spacial score (nSPS) is 15.5. The fourth-order valence-electron chi connectivity index (χ4n) is 0.919. The highest BCUT2D eigenvalue weighted by atomic mass is 79.9. The number of allylic oxidation sites excluding steroid dienone is 4. The van der Waals surface area contributed by atoms with Gasteiger partial charge in [0.15, 0.2) is 0 Å². The van der Waals surface area contributed by atoms with Gasteiger partial charge in [0.1, 0.15) is 0 Å². The molecule has 0 fully saturated rings. The first-order chi connectivity index (χ1) is 5.91. The highest BCUT2D eigenvalue weighted by Gasteiger charge is 2.15. The van der Waals surface area contributed by atoms with Crippen molar-refractivity contribution in [2.24, 2.45) is 0 Å². The molecule has 0 amide bonds. The van der Waals surface area contributed by atoms with Gasteiger partial charge in [-0.2, -0.15) is 0 Å². The van der Waals surface area contributed by atoms with Crippen molar-refractivity contribution in [2.45, 2.75) is 33.3 Å². The lowest BCUT2D eigenvalue weighted by atomic mass is 9.97. The molecule has 2 heteroatoms. The Balaban J connectivity index is 4.60. The molecule has 0 unspecified atom stereocenters. The van der Waals surface area contributed by atoms with Gasteiger partial charge in [0, 0.05) is 4.48 Å². The fourth-order valence-corrected chi connectivity index (χ4v) is 1.05. The summed E-state index contributed by atoms with van der Waals surface area (Å²) in [5.41, 5.74) is 0.137. The smallest absolute Gasteiger partial charge is 0.0837 e. The molecule has 0 spiro atoms. The van der Waals surface area contributed by atoms with Crippen LogP contribution in [0, 0.1) is 0 Å². The van der Waals surface area contributed by atoms with Crippen LogP contribution in [0.4, 0.5) is 0 Å². The Morgan fingerprint density at radius 2 is 1.69 bits per heavy atom. The highest BCUT2D eigenvalue weighted by molar-refractivity contribution is 9.11. The molecular weight excluding hydrogens is 228 g/mol. The molecule has 0 aromatic carbocycles. The molecule has 0 aliphatic rings. The average Bonchev–Trinajstić information content (AvgIpc) is 2.02. The lowest BCUT2D eigenvalue weighted by molar-refractivity contribution is 0.123. The van der Waals surface area contributed by atoms with Gasteiger partial charge in [-0.3, -0.25) is 0 Å². The van der Waals surface area contributed by atoms with Crippen LogP contribution in [0.2, 0.25) is 0 Å². The molecule has 0 bridgehead atoms. The molecule has 0 heterocycles. The van der Waals surface area contributed by atoms with Crippen LogP contribution >= 0.6 is 15.9 Å². The molecule has 0 rings (SSSR count). The molecule has 0 aliphatic heterocycles. The summed E-state index contributed by atoms with van der Waals surface area (Å²) in [4.78, 5) is 0. The maximum Gasteiger partial charge on any atom is 0.0837 e. The first kappa shape index (κ1) is 12.7. The first-order valence-corrected chi connectivity index (χ1v) is 5.10. The predicted molar refractivity (Wildman–Crippen MR) is 61.9 cm³/mol. The van der Waals surface area contributed by atoms with Crippen LogP contribution in [0.25, 0.3) is 0 Å². The molecule has 1 N–H and O–H groups in total. The van der Waals surface area contributed by atoms with Crippen LogP contribution in [0.5, 0.6) is 0 Å². The maximum atomic E-state index is 9.71. The van der Waals surface area contributed by atoms with Gasteiger partial charge >= 0.3 is 0 Å². The predicted octanol–water partition coefficient (Wildman–Crippen LogP) is 3.56. The first-order valence-electron chi connectivity index (χ1n) is 4.31. The van der Waals surface area contributed by atoms with E-state index >= 15 is 0 Å². The molecule has 0 saturated carbocycles. The van der Waals surface area contributed by atoms with Gasteiger partial charge in [-0.25, -0.2) is 0 Å². The van der Waals surface area contributed by atoms with Gasteiger partial charge in [0.25, 0.3) is 0 Å². The SMILES string of the molecule is C\C=C(Br)/C=C\C(=C/C)C(C)(C)O. The van der Waals surface area contributed by atoms with Gasteiger partial charge in [0.2, 0.25) is 0 Å². The third kappa shape index (κ3) is 5.06. The lowest BCUT2D eigenvalue weighted by Crippen LogP contribution is -2.20. The molecule has 13 heavy (non-hydrogen) atoms. The van der Waals surface area contributed by atoms with Gasteiger partial charge in [-0.15, -0.1) is 0 Å². The van der Waals surface area contributed by atoms with E-state index in [9.17, 15) is 5.11 Å². The molecule has 0 aromatic rings. The minimum absolute atomic E-state index is 0.772. The highest BCUT2D eigenvalue weighted by Crippen LogP contribution is 2.18. The molecule has 74 valence electrons. The Kier molecular flexibility index (Phi) is 5.26. The summed E-state index contributed by atoms with van der Waals surface area (Å²) in [6, 6.07) is 0. The second-order valence-corrected chi connectivity index (χ2v) is 4.23. The van der Waals surface area contributed by atoms with Crippen molar-refractivity contribution in [3.63, 3.8) is 0 Å². The van der Waals surface area contributed by atoms with Gasteiger partial charge in [0.05, 0.1) is 5.60 Å². The van der Waals surface area contributed by atoms with Crippen molar-refractivity contribution >= 4 is 15.9 Å². The third-order valence-electron chi connectivity index (χ3n) is 1.72.